The van der Waals surface area contributed by atoms with Gasteiger partial charge in [0, 0.05) is 10.9 Å². The Bertz CT molecular complexity index is 557. The number of hydrogen-bond donors (Lipinski definition) is 1. The first-order valence-corrected chi connectivity index (χ1v) is 7.12. The average molecular weight is 285 g/mol. The molecule has 0 aromatic carbocycles. The average Bonchev–Trinajstić information content (AvgIpc) is 2.84. The molecule has 1 N–H and O–H groups in total. The molecule has 0 aliphatic heterocycles. The van der Waals surface area contributed by atoms with Gasteiger partial charge in [-0.05, 0) is 44.7 Å². The highest BCUT2D eigenvalue weighted by Crippen LogP contribution is 2.39. The van der Waals surface area contributed by atoms with Gasteiger partial charge < -0.3 is 5.11 Å². The summed E-state index contributed by atoms with van der Waals surface area (Å²) in [6.45, 7) is 7.80. The van der Waals surface area contributed by atoms with Crippen LogP contribution in [0.3, 0.4) is 0 Å². The monoisotopic (exact) mass is 284 g/mol. The summed E-state index contributed by atoms with van der Waals surface area (Å²) >= 11 is 7.74. The Labute approximate surface area is 116 Å². The van der Waals surface area contributed by atoms with E-state index < -0.39 is 5.60 Å². The van der Waals surface area contributed by atoms with E-state index in [0.29, 0.717) is 10.7 Å². The molecule has 2 aromatic heterocycles. The summed E-state index contributed by atoms with van der Waals surface area (Å²) in [6.07, 6.45) is 1.59. The SMILES string of the molecule is Cc1ccsc1C(C)(O)c1c(Cl)cnn1C(C)C. The first-order valence-electron chi connectivity index (χ1n) is 5.86. The van der Waals surface area contributed by atoms with Gasteiger partial charge in [-0.25, -0.2) is 0 Å². The van der Waals surface area contributed by atoms with Gasteiger partial charge in [-0.2, -0.15) is 5.10 Å². The maximum atomic E-state index is 10.9. The Kier molecular flexibility index (Phi) is 3.54. The number of hydrogen-bond acceptors (Lipinski definition) is 3. The third kappa shape index (κ3) is 2.09. The van der Waals surface area contributed by atoms with E-state index in [1.54, 1.807) is 17.8 Å². The summed E-state index contributed by atoms with van der Waals surface area (Å²) in [4.78, 5) is 0.909. The molecule has 3 nitrogen and oxygen atoms in total. The molecule has 0 aliphatic rings. The van der Waals surface area contributed by atoms with Gasteiger partial charge >= 0.3 is 0 Å². The second kappa shape index (κ2) is 4.68. The smallest absolute Gasteiger partial charge is 0.139 e. The van der Waals surface area contributed by atoms with Crippen molar-refractivity contribution in [2.45, 2.75) is 39.3 Å². The fourth-order valence-corrected chi connectivity index (χ4v) is 3.47. The van der Waals surface area contributed by atoms with Crippen LogP contribution in [0, 0.1) is 6.92 Å². The van der Waals surface area contributed by atoms with Crippen LogP contribution < -0.4 is 0 Å². The molecular weight excluding hydrogens is 268 g/mol. The molecule has 0 aliphatic carbocycles. The highest BCUT2D eigenvalue weighted by Gasteiger charge is 2.35. The Morgan fingerprint density at radius 3 is 2.67 bits per heavy atom. The molecule has 2 rings (SSSR count). The second-order valence-electron chi connectivity index (χ2n) is 4.88. The molecule has 2 aromatic rings. The Hall–Kier alpha value is -0.840. The number of rotatable bonds is 3. The van der Waals surface area contributed by atoms with Crippen molar-refractivity contribution >= 4 is 22.9 Å². The largest absolute Gasteiger partial charge is 0.378 e. The maximum Gasteiger partial charge on any atom is 0.139 e. The van der Waals surface area contributed by atoms with Gasteiger partial charge in [-0.15, -0.1) is 11.3 Å². The van der Waals surface area contributed by atoms with Crippen LogP contribution in [0.2, 0.25) is 5.02 Å². The van der Waals surface area contributed by atoms with Crippen LogP contribution in [0.1, 0.15) is 42.9 Å². The third-order valence-electron chi connectivity index (χ3n) is 3.01. The normalized spacial score (nSPS) is 15.1. The number of aliphatic hydroxyl groups is 1. The van der Waals surface area contributed by atoms with Crippen molar-refractivity contribution in [1.29, 1.82) is 0 Å². The van der Waals surface area contributed by atoms with Gasteiger partial charge in [-0.1, -0.05) is 11.6 Å². The van der Waals surface area contributed by atoms with Crippen molar-refractivity contribution in [2.75, 3.05) is 0 Å². The summed E-state index contributed by atoms with van der Waals surface area (Å²) in [6, 6.07) is 2.15. The third-order valence-corrected chi connectivity index (χ3v) is 4.51. The minimum Gasteiger partial charge on any atom is -0.378 e. The van der Waals surface area contributed by atoms with Gasteiger partial charge in [0.1, 0.15) is 5.60 Å². The van der Waals surface area contributed by atoms with Crippen molar-refractivity contribution in [3.63, 3.8) is 0 Å². The standard InChI is InChI=1S/C13H17ClN2OS/c1-8(2)16-11(10(14)7-15-16)13(4,17)12-9(3)5-6-18-12/h5-8,17H,1-4H3. The first-order chi connectivity index (χ1) is 8.35. The van der Waals surface area contributed by atoms with E-state index in [-0.39, 0.29) is 6.04 Å². The molecular formula is C13H17ClN2OS. The van der Waals surface area contributed by atoms with Crippen LogP contribution in [0.5, 0.6) is 0 Å². The molecule has 18 heavy (non-hydrogen) atoms. The lowest BCUT2D eigenvalue weighted by molar-refractivity contribution is 0.0934. The Balaban J connectivity index is 2.61. The van der Waals surface area contributed by atoms with Crippen molar-refractivity contribution in [2.24, 2.45) is 0 Å². The van der Waals surface area contributed by atoms with E-state index in [4.69, 9.17) is 11.6 Å². The lowest BCUT2D eigenvalue weighted by atomic mass is 9.97. The summed E-state index contributed by atoms with van der Waals surface area (Å²) < 4.78 is 1.78. The topological polar surface area (TPSA) is 38.1 Å². The van der Waals surface area contributed by atoms with Gasteiger partial charge in [0.15, 0.2) is 0 Å². The lowest BCUT2D eigenvalue weighted by Gasteiger charge is -2.26. The zero-order valence-electron chi connectivity index (χ0n) is 10.9. The van der Waals surface area contributed by atoms with Crippen LogP contribution in [0.15, 0.2) is 17.6 Å². The predicted octanol–water partition coefficient (Wildman–Crippen LogP) is 3.74. The fourth-order valence-electron chi connectivity index (χ4n) is 2.17. The van der Waals surface area contributed by atoms with Crippen LogP contribution >= 0.6 is 22.9 Å². The van der Waals surface area contributed by atoms with E-state index in [1.807, 2.05) is 32.2 Å². The van der Waals surface area contributed by atoms with Crippen LogP contribution in [-0.2, 0) is 5.60 Å². The van der Waals surface area contributed by atoms with Gasteiger partial charge in [0.2, 0.25) is 0 Å². The molecule has 0 bridgehead atoms. The minimum absolute atomic E-state index is 0.152. The highest BCUT2D eigenvalue weighted by atomic mass is 35.5. The molecule has 0 saturated heterocycles. The molecule has 0 radical (unpaired) electrons. The zero-order valence-corrected chi connectivity index (χ0v) is 12.5. The summed E-state index contributed by atoms with van der Waals surface area (Å²) in [5.74, 6) is 0. The molecule has 0 spiro atoms. The molecule has 1 atom stereocenters. The number of thiophene rings is 1. The summed E-state index contributed by atoms with van der Waals surface area (Å²) in [5.41, 5.74) is 0.609. The number of nitrogens with zero attached hydrogens (tertiary/aromatic N) is 2. The molecule has 0 saturated carbocycles. The van der Waals surface area contributed by atoms with E-state index in [0.717, 1.165) is 10.4 Å². The zero-order chi connectivity index (χ0) is 13.5. The number of aryl methyl sites for hydroxylation is 1. The molecule has 98 valence electrons. The maximum absolute atomic E-state index is 10.9. The van der Waals surface area contributed by atoms with E-state index in [9.17, 15) is 5.11 Å². The second-order valence-corrected chi connectivity index (χ2v) is 6.21. The molecule has 5 heteroatoms. The van der Waals surface area contributed by atoms with Crippen molar-refractivity contribution in [3.8, 4) is 0 Å². The highest BCUT2D eigenvalue weighted by molar-refractivity contribution is 7.10. The first kappa shape index (κ1) is 13.6. The van der Waals surface area contributed by atoms with E-state index >= 15 is 0 Å². The van der Waals surface area contributed by atoms with Crippen molar-refractivity contribution in [1.82, 2.24) is 9.78 Å². The van der Waals surface area contributed by atoms with Crippen LogP contribution in [0.4, 0.5) is 0 Å². The molecule has 0 amide bonds. The van der Waals surface area contributed by atoms with Gasteiger partial charge in [-0.3, -0.25) is 4.68 Å². The number of halogens is 1. The van der Waals surface area contributed by atoms with Crippen molar-refractivity contribution in [3.05, 3.63) is 38.8 Å². The van der Waals surface area contributed by atoms with Crippen molar-refractivity contribution < 1.29 is 5.11 Å². The quantitative estimate of drug-likeness (QED) is 0.932. The van der Waals surface area contributed by atoms with Gasteiger partial charge in [0.25, 0.3) is 0 Å². The lowest BCUT2D eigenvalue weighted by Crippen LogP contribution is -2.27. The Morgan fingerprint density at radius 1 is 1.50 bits per heavy atom. The number of aromatic nitrogens is 2. The minimum atomic E-state index is -1.11. The predicted molar refractivity (Wildman–Crippen MR) is 75.4 cm³/mol. The van der Waals surface area contributed by atoms with E-state index in [2.05, 4.69) is 5.10 Å². The molecule has 0 fully saturated rings. The fraction of sp³-hybridized carbons (Fsp3) is 0.462. The molecule has 1 unspecified atom stereocenters. The van der Waals surface area contributed by atoms with Crippen LogP contribution in [-0.4, -0.2) is 14.9 Å². The summed E-state index contributed by atoms with van der Waals surface area (Å²) in [5, 5.41) is 17.6. The molecule has 2 heterocycles. The Morgan fingerprint density at radius 2 is 2.17 bits per heavy atom. The van der Waals surface area contributed by atoms with Gasteiger partial charge in [0.05, 0.1) is 16.9 Å². The van der Waals surface area contributed by atoms with E-state index in [1.165, 1.54) is 11.3 Å². The summed E-state index contributed by atoms with van der Waals surface area (Å²) in [7, 11) is 0. The van der Waals surface area contributed by atoms with Crippen LogP contribution in [0.25, 0.3) is 0 Å².